The minimum absolute atomic E-state index is 0.108. The van der Waals surface area contributed by atoms with E-state index >= 15 is 0 Å². The molecule has 0 radical (unpaired) electrons. The topological polar surface area (TPSA) is 84.9 Å². The molecule has 1 fully saturated rings. The number of ether oxygens (including phenoxy) is 2. The van der Waals surface area contributed by atoms with Crippen molar-refractivity contribution in [1.82, 2.24) is 4.31 Å². The number of nitrogens with zero attached hydrogens (tertiary/aromatic N) is 1. The molecule has 0 spiro atoms. The Labute approximate surface area is 189 Å². The predicted molar refractivity (Wildman–Crippen MR) is 123 cm³/mol. The van der Waals surface area contributed by atoms with Crippen LogP contribution in [0.2, 0.25) is 0 Å². The lowest BCUT2D eigenvalue weighted by Crippen LogP contribution is -2.41. The number of hydrogen-bond acceptors (Lipinski definition) is 5. The predicted octanol–water partition coefficient (Wildman–Crippen LogP) is 3.62. The van der Waals surface area contributed by atoms with Crippen LogP contribution in [0.1, 0.15) is 36.8 Å². The van der Waals surface area contributed by atoms with Gasteiger partial charge in [-0.3, -0.25) is 4.79 Å². The molecule has 0 bridgehead atoms. The van der Waals surface area contributed by atoms with Gasteiger partial charge in [-0.2, -0.15) is 4.31 Å². The summed E-state index contributed by atoms with van der Waals surface area (Å²) in [6, 6.07) is 10.8. The number of rotatable bonds is 6. The second kappa shape index (κ2) is 9.50. The highest BCUT2D eigenvalue weighted by molar-refractivity contribution is 7.89. The van der Waals surface area contributed by atoms with Crippen LogP contribution in [0.15, 0.2) is 41.3 Å². The van der Waals surface area contributed by atoms with Gasteiger partial charge < -0.3 is 14.8 Å². The highest BCUT2D eigenvalue weighted by atomic mass is 32.2. The van der Waals surface area contributed by atoms with Crippen molar-refractivity contribution in [3.05, 3.63) is 47.5 Å². The van der Waals surface area contributed by atoms with Crippen LogP contribution in [0, 0.1) is 5.92 Å². The number of carbonyl (C=O) groups is 1. The molecule has 1 N–H and O–H groups in total. The Balaban J connectivity index is 1.39. The summed E-state index contributed by atoms with van der Waals surface area (Å²) in [4.78, 5) is 13.1. The number of piperidine rings is 1. The molecule has 8 heteroatoms. The van der Waals surface area contributed by atoms with Gasteiger partial charge in [0.1, 0.15) is 0 Å². The van der Waals surface area contributed by atoms with E-state index in [1.54, 1.807) is 38.5 Å². The van der Waals surface area contributed by atoms with E-state index in [9.17, 15) is 13.2 Å². The molecule has 1 saturated heterocycles. The number of benzene rings is 2. The third kappa shape index (κ3) is 4.61. The highest BCUT2D eigenvalue weighted by Gasteiger charge is 2.32. The van der Waals surface area contributed by atoms with E-state index in [4.69, 9.17) is 9.47 Å². The Hall–Kier alpha value is -2.58. The summed E-state index contributed by atoms with van der Waals surface area (Å²) in [6.07, 6.45) is 5.22. The molecule has 1 aliphatic heterocycles. The SMILES string of the molecule is COc1ccc(NC(=O)C2CCN(S(=O)(=O)c3ccc4c(c3)CCCC4)CC2)cc1OC. The van der Waals surface area contributed by atoms with Crippen LogP contribution in [0.5, 0.6) is 11.5 Å². The molecular weight excluding hydrogens is 428 g/mol. The van der Waals surface area contributed by atoms with Crippen LogP contribution in [0.3, 0.4) is 0 Å². The number of fused-ring (bicyclic) bond motifs is 1. The maximum Gasteiger partial charge on any atom is 0.243 e. The minimum Gasteiger partial charge on any atom is -0.493 e. The molecule has 1 heterocycles. The number of methoxy groups -OCH3 is 2. The van der Waals surface area contributed by atoms with Gasteiger partial charge in [-0.1, -0.05) is 6.07 Å². The Bertz CT molecular complexity index is 1090. The molecule has 7 nitrogen and oxygen atoms in total. The van der Waals surface area contributed by atoms with Crippen LogP contribution in [-0.2, 0) is 27.7 Å². The summed E-state index contributed by atoms with van der Waals surface area (Å²) in [5, 5.41) is 2.91. The Morgan fingerprint density at radius 2 is 1.62 bits per heavy atom. The van der Waals surface area contributed by atoms with Gasteiger partial charge in [0.2, 0.25) is 15.9 Å². The van der Waals surface area contributed by atoms with Crippen LogP contribution >= 0.6 is 0 Å². The smallest absolute Gasteiger partial charge is 0.243 e. The molecule has 0 saturated carbocycles. The van der Waals surface area contributed by atoms with Gasteiger partial charge in [-0.15, -0.1) is 0 Å². The number of anilines is 1. The average Bonchev–Trinajstić information content (AvgIpc) is 2.83. The summed E-state index contributed by atoms with van der Waals surface area (Å²) in [5.74, 6) is 0.781. The molecule has 0 atom stereocenters. The summed E-state index contributed by atoms with van der Waals surface area (Å²) in [6.45, 7) is 0.673. The zero-order valence-corrected chi connectivity index (χ0v) is 19.4. The number of hydrogen-bond donors (Lipinski definition) is 1. The highest BCUT2D eigenvalue weighted by Crippen LogP contribution is 2.31. The molecular formula is C24H30N2O5S. The summed E-state index contributed by atoms with van der Waals surface area (Å²) >= 11 is 0. The zero-order valence-electron chi connectivity index (χ0n) is 18.6. The standard InChI is InChI=1S/C24H30N2O5S/c1-30-22-10-8-20(16-23(22)31-2)25-24(27)18-11-13-26(14-12-18)32(28,29)21-9-7-17-5-3-4-6-19(17)15-21/h7-10,15-16,18H,3-6,11-14H2,1-2H3,(H,25,27). The van der Waals surface area contributed by atoms with Gasteiger partial charge in [0.15, 0.2) is 11.5 Å². The third-order valence-electron chi connectivity index (χ3n) is 6.43. The fourth-order valence-corrected chi connectivity index (χ4v) is 6.06. The first-order chi connectivity index (χ1) is 15.4. The number of nitrogens with one attached hydrogen (secondary N) is 1. The van der Waals surface area contributed by atoms with E-state index in [1.807, 2.05) is 12.1 Å². The normalized spacial score (nSPS) is 17.4. The fourth-order valence-electron chi connectivity index (χ4n) is 4.54. The van der Waals surface area contributed by atoms with Crippen molar-refractivity contribution in [1.29, 1.82) is 0 Å². The van der Waals surface area contributed by atoms with Crippen molar-refractivity contribution in [2.45, 2.75) is 43.4 Å². The van der Waals surface area contributed by atoms with Gasteiger partial charge in [0, 0.05) is 30.8 Å². The molecule has 32 heavy (non-hydrogen) atoms. The first-order valence-electron chi connectivity index (χ1n) is 11.1. The maximum atomic E-state index is 13.2. The quantitative estimate of drug-likeness (QED) is 0.715. The Kier molecular flexibility index (Phi) is 6.71. The van der Waals surface area contributed by atoms with Crippen LogP contribution in [0.4, 0.5) is 5.69 Å². The molecule has 4 rings (SSSR count). The monoisotopic (exact) mass is 458 g/mol. The van der Waals surface area contributed by atoms with E-state index in [0.717, 1.165) is 31.2 Å². The van der Waals surface area contributed by atoms with Gasteiger partial charge in [0.05, 0.1) is 19.1 Å². The Morgan fingerprint density at radius 1 is 0.938 bits per heavy atom. The van der Waals surface area contributed by atoms with Crippen LogP contribution in [-0.4, -0.2) is 45.9 Å². The van der Waals surface area contributed by atoms with Crippen LogP contribution in [0.25, 0.3) is 0 Å². The van der Waals surface area contributed by atoms with Crippen molar-refractivity contribution < 1.29 is 22.7 Å². The molecule has 1 aliphatic carbocycles. The van der Waals surface area contributed by atoms with Crippen molar-refractivity contribution in [3.63, 3.8) is 0 Å². The number of aryl methyl sites for hydroxylation is 2. The molecule has 0 unspecified atom stereocenters. The minimum atomic E-state index is -3.55. The molecule has 172 valence electrons. The maximum absolute atomic E-state index is 13.2. The zero-order chi connectivity index (χ0) is 22.7. The Morgan fingerprint density at radius 3 is 2.31 bits per heavy atom. The van der Waals surface area contributed by atoms with Crippen molar-refractivity contribution in [3.8, 4) is 11.5 Å². The van der Waals surface area contributed by atoms with Crippen molar-refractivity contribution in [2.24, 2.45) is 5.92 Å². The average molecular weight is 459 g/mol. The molecule has 2 aromatic rings. The molecule has 0 aromatic heterocycles. The van der Waals surface area contributed by atoms with E-state index in [-0.39, 0.29) is 11.8 Å². The number of sulfonamides is 1. The lowest BCUT2D eigenvalue weighted by Gasteiger charge is -2.31. The van der Waals surface area contributed by atoms with Gasteiger partial charge >= 0.3 is 0 Å². The van der Waals surface area contributed by atoms with Gasteiger partial charge in [-0.25, -0.2) is 8.42 Å². The number of amides is 1. The van der Waals surface area contributed by atoms with Gasteiger partial charge in [0.25, 0.3) is 0 Å². The summed E-state index contributed by atoms with van der Waals surface area (Å²) < 4.78 is 38.4. The molecule has 1 amide bonds. The van der Waals surface area contributed by atoms with E-state index < -0.39 is 10.0 Å². The van der Waals surface area contributed by atoms with E-state index in [1.165, 1.54) is 9.87 Å². The van der Waals surface area contributed by atoms with E-state index in [2.05, 4.69) is 5.32 Å². The molecule has 2 aliphatic rings. The second-order valence-electron chi connectivity index (χ2n) is 8.37. The lowest BCUT2D eigenvalue weighted by molar-refractivity contribution is -0.120. The first kappa shape index (κ1) is 22.6. The van der Waals surface area contributed by atoms with Crippen molar-refractivity contribution >= 4 is 21.6 Å². The van der Waals surface area contributed by atoms with Crippen molar-refractivity contribution in [2.75, 3.05) is 32.6 Å². The third-order valence-corrected chi connectivity index (χ3v) is 8.33. The largest absolute Gasteiger partial charge is 0.493 e. The number of carbonyl (C=O) groups excluding carboxylic acids is 1. The summed E-state index contributed by atoms with van der Waals surface area (Å²) in [7, 11) is -0.448. The lowest BCUT2D eigenvalue weighted by atomic mass is 9.92. The summed E-state index contributed by atoms with van der Waals surface area (Å²) in [5.41, 5.74) is 3.04. The second-order valence-corrected chi connectivity index (χ2v) is 10.3. The first-order valence-corrected chi connectivity index (χ1v) is 12.5. The van der Waals surface area contributed by atoms with Gasteiger partial charge in [-0.05, 0) is 73.9 Å². The van der Waals surface area contributed by atoms with E-state index in [0.29, 0.717) is 48.0 Å². The van der Waals surface area contributed by atoms with Crippen LogP contribution < -0.4 is 14.8 Å². The fraction of sp³-hybridized carbons (Fsp3) is 0.458. The molecule has 2 aromatic carbocycles.